The van der Waals surface area contributed by atoms with Gasteiger partial charge in [0, 0.05) is 12.5 Å². The Labute approximate surface area is 200 Å². The number of rotatable bonds is 7. The van der Waals surface area contributed by atoms with E-state index in [0.29, 0.717) is 19.4 Å². The van der Waals surface area contributed by atoms with Gasteiger partial charge in [0.25, 0.3) is 0 Å². The molecule has 0 bridgehead atoms. The number of nitrogens with zero attached hydrogens (tertiary/aromatic N) is 1. The summed E-state index contributed by atoms with van der Waals surface area (Å²) < 4.78 is 5.62. The SMILES string of the molecule is CC(C)C[C@@H](NC(=O)OCC1c2ccccc2-c2ccccc21)C(=O)N1CCC(C)C1C(=O)O. The first kappa shape index (κ1) is 23.8. The molecule has 180 valence electrons. The van der Waals surface area contributed by atoms with Crippen molar-refractivity contribution in [3.8, 4) is 11.1 Å². The monoisotopic (exact) mass is 464 g/mol. The second-order valence-corrected chi connectivity index (χ2v) is 9.73. The van der Waals surface area contributed by atoms with Crippen molar-refractivity contribution in [2.75, 3.05) is 13.2 Å². The number of hydrogen-bond donors (Lipinski definition) is 2. The number of hydrogen-bond acceptors (Lipinski definition) is 4. The van der Waals surface area contributed by atoms with Gasteiger partial charge in [-0.25, -0.2) is 9.59 Å². The van der Waals surface area contributed by atoms with Gasteiger partial charge < -0.3 is 20.1 Å². The lowest BCUT2D eigenvalue weighted by Gasteiger charge is -2.29. The first-order valence-electron chi connectivity index (χ1n) is 11.9. The molecule has 7 nitrogen and oxygen atoms in total. The summed E-state index contributed by atoms with van der Waals surface area (Å²) in [6.07, 6.45) is 0.363. The smallest absolute Gasteiger partial charge is 0.407 e. The van der Waals surface area contributed by atoms with Gasteiger partial charge >= 0.3 is 12.1 Å². The molecule has 0 radical (unpaired) electrons. The number of carboxylic acid groups (broad SMARTS) is 1. The molecular weight excluding hydrogens is 432 g/mol. The van der Waals surface area contributed by atoms with Crippen LogP contribution in [-0.4, -0.2) is 53.2 Å². The van der Waals surface area contributed by atoms with Gasteiger partial charge in [0.15, 0.2) is 0 Å². The molecule has 2 unspecified atom stereocenters. The molecule has 0 aromatic heterocycles. The fourth-order valence-electron chi connectivity index (χ4n) is 5.25. The zero-order chi connectivity index (χ0) is 24.4. The fourth-order valence-corrected chi connectivity index (χ4v) is 5.25. The Hall–Kier alpha value is -3.35. The first-order valence-corrected chi connectivity index (χ1v) is 11.9. The highest BCUT2D eigenvalue weighted by Gasteiger charge is 2.42. The standard InChI is InChI=1S/C27H32N2O5/c1-16(2)14-23(25(30)29-13-12-17(3)24(29)26(31)32)28-27(33)34-15-22-20-10-6-4-8-18(20)19-9-5-7-11-21(19)22/h4-11,16-17,22-24H,12-15H2,1-3H3,(H,28,33)(H,31,32)/t17?,23-,24?/m1/s1. The quantitative estimate of drug-likeness (QED) is 0.638. The van der Waals surface area contributed by atoms with Crippen LogP contribution in [0.3, 0.4) is 0 Å². The number of fused-ring (bicyclic) bond motifs is 3. The highest BCUT2D eigenvalue weighted by molar-refractivity contribution is 5.90. The van der Waals surface area contributed by atoms with E-state index in [1.807, 2.05) is 57.2 Å². The molecule has 2 amide bonds. The predicted molar refractivity (Wildman–Crippen MR) is 128 cm³/mol. The van der Waals surface area contributed by atoms with Gasteiger partial charge in [-0.3, -0.25) is 4.79 Å². The van der Waals surface area contributed by atoms with Crippen molar-refractivity contribution in [3.05, 3.63) is 59.7 Å². The number of ether oxygens (including phenoxy) is 1. The van der Waals surface area contributed by atoms with Gasteiger partial charge in [-0.15, -0.1) is 0 Å². The lowest BCUT2D eigenvalue weighted by Crippen LogP contribution is -2.53. The van der Waals surface area contributed by atoms with Crippen LogP contribution >= 0.6 is 0 Å². The molecule has 2 aliphatic rings. The molecule has 1 fully saturated rings. The summed E-state index contributed by atoms with van der Waals surface area (Å²) in [4.78, 5) is 39.2. The average Bonchev–Trinajstić information content (AvgIpc) is 3.34. The molecule has 3 atom stereocenters. The van der Waals surface area contributed by atoms with E-state index in [-0.39, 0.29) is 30.3 Å². The maximum atomic E-state index is 13.3. The summed E-state index contributed by atoms with van der Waals surface area (Å²) >= 11 is 0. The minimum Gasteiger partial charge on any atom is -0.480 e. The Morgan fingerprint density at radius 2 is 1.65 bits per heavy atom. The number of alkyl carbamates (subject to hydrolysis) is 1. The second-order valence-electron chi connectivity index (χ2n) is 9.73. The lowest BCUT2D eigenvalue weighted by atomic mass is 9.98. The third-order valence-electron chi connectivity index (χ3n) is 6.88. The van der Waals surface area contributed by atoms with Crippen LogP contribution in [0.4, 0.5) is 4.79 Å². The van der Waals surface area contributed by atoms with Gasteiger partial charge in [0.2, 0.25) is 5.91 Å². The molecule has 0 spiro atoms. The third-order valence-corrected chi connectivity index (χ3v) is 6.88. The number of carbonyl (C=O) groups excluding carboxylic acids is 2. The first-order chi connectivity index (χ1) is 16.3. The molecule has 0 saturated carbocycles. The van der Waals surface area contributed by atoms with Gasteiger partial charge in [-0.05, 0) is 46.9 Å². The van der Waals surface area contributed by atoms with Gasteiger partial charge in [-0.2, -0.15) is 0 Å². The van der Waals surface area contributed by atoms with Crippen molar-refractivity contribution in [1.82, 2.24) is 10.2 Å². The molecule has 1 heterocycles. The molecule has 2 aromatic carbocycles. The van der Waals surface area contributed by atoms with Crippen LogP contribution in [0, 0.1) is 11.8 Å². The predicted octanol–water partition coefficient (Wildman–Crippen LogP) is 4.26. The highest BCUT2D eigenvalue weighted by atomic mass is 16.5. The minimum absolute atomic E-state index is 0.0757. The number of benzene rings is 2. The van der Waals surface area contributed by atoms with Crippen molar-refractivity contribution in [1.29, 1.82) is 0 Å². The number of aliphatic carboxylic acids is 1. The van der Waals surface area contributed by atoms with Crippen LogP contribution in [0.1, 0.15) is 50.7 Å². The van der Waals surface area contributed by atoms with Crippen LogP contribution in [0.15, 0.2) is 48.5 Å². The molecule has 1 aliphatic heterocycles. The molecule has 7 heteroatoms. The zero-order valence-corrected chi connectivity index (χ0v) is 19.9. The third kappa shape index (κ3) is 4.65. The fraction of sp³-hybridized carbons (Fsp3) is 0.444. The Bertz CT molecular complexity index is 1040. The minimum atomic E-state index is -1.01. The molecular formula is C27H32N2O5. The van der Waals surface area contributed by atoms with Gasteiger partial charge in [-0.1, -0.05) is 69.3 Å². The molecule has 2 N–H and O–H groups in total. The van der Waals surface area contributed by atoms with Crippen molar-refractivity contribution in [3.63, 3.8) is 0 Å². The normalized spacial score (nSPS) is 20.1. The lowest BCUT2D eigenvalue weighted by molar-refractivity contribution is -0.150. The summed E-state index contributed by atoms with van der Waals surface area (Å²) in [5, 5.41) is 12.3. The molecule has 2 aromatic rings. The topological polar surface area (TPSA) is 95.9 Å². The van der Waals surface area contributed by atoms with E-state index in [1.165, 1.54) is 4.90 Å². The zero-order valence-electron chi connectivity index (χ0n) is 19.9. The summed E-state index contributed by atoms with van der Waals surface area (Å²) in [6.45, 7) is 6.28. The summed E-state index contributed by atoms with van der Waals surface area (Å²) in [5.74, 6) is -1.45. The van der Waals surface area contributed by atoms with Crippen molar-refractivity contribution in [2.24, 2.45) is 11.8 Å². The summed E-state index contributed by atoms with van der Waals surface area (Å²) in [6, 6.07) is 14.5. The summed E-state index contributed by atoms with van der Waals surface area (Å²) in [5.41, 5.74) is 4.51. The number of amides is 2. The Morgan fingerprint density at radius 3 is 2.21 bits per heavy atom. The van der Waals surface area contributed by atoms with E-state index in [0.717, 1.165) is 22.3 Å². The van der Waals surface area contributed by atoms with E-state index >= 15 is 0 Å². The van der Waals surface area contributed by atoms with Gasteiger partial charge in [0.05, 0.1) is 0 Å². The molecule has 1 saturated heterocycles. The molecule has 1 aliphatic carbocycles. The van der Waals surface area contributed by atoms with E-state index in [4.69, 9.17) is 4.74 Å². The number of carboxylic acids is 1. The van der Waals surface area contributed by atoms with E-state index in [2.05, 4.69) is 17.4 Å². The highest BCUT2D eigenvalue weighted by Crippen LogP contribution is 2.44. The van der Waals surface area contributed by atoms with Crippen LogP contribution in [0.25, 0.3) is 11.1 Å². The maximum Gasteiger partial charge on any atom is 0.407 e. The average molecular weight is 465 g/mol. The van der Waals surface area contributed by atoms with Crippen LogP contribution < -0.4 is 5.32 Å². The van der Waals surface area contributed by atoms with Crippen molar-refractivity contribution in [2.45, 2.75) is 51.6 Å². The Balaban J connectivity index is 1.45. The number of carbonyl (C=O) groups is 3. The maximum absolute atomic E-state index is 13.3. The summed E-state index contributed by atoms with van der Waals surface area (Å²) in [7, 11) is 0. The van der Waals surface area contributed by atoms with Crippen molar-refractivity contribution >= 4 is 18.0 Å². The molecule has 4 rings (SSSR count). The van der Waals surface area contributed by atoms with E-state index < -0.39 is 24.1 Å². The second kappa shape index (κ2) is 9.87. The van der Waals surface area contributed by atoms with E-state index in [1.54, 1.807) is 0 Å². The van der Waals surface area contributed by atoms with Crippen LogP contribution in [0.5, 0.6) is 0 Å². The number of likely N-dealkylation sites (tertiary alicyclic amines) is 1. The number of nitrogens with one attached hydrogen (secondary N) is 1. The largest absolute Gasteiger partial charge is 0.480 e. The van der Waals surface area contributed by atoms with Crippen molar-refractivity contribution < 1.29 is 24.2 Å². The Kier molecular flexibility index (Phi) is 6.91. The Morgan fingerprint density at radius 1 is 1.06 bits per heavy atom. The van der Waals surface area contributed by atoms with Crippen LogP contribution in [0.2, 0.25) is 0 Å². The van der Waals surface area contributed by atoms with E-state index in [9.17, 15) is 19.5 Å². The van der Waals surface area contributed by atoms with Gasteiger partial charge in [0.1, 0.15) is 18.7 Å². The van der Waals surface area contributed by atoms with Crippen LogP contribution in [-0.2, 0) is 14.3 Å². The molecule has 34 heavy (non-hydrogen) atoms.